The number of anilines is 1. The molecule has 0 saturated heterocycles. The number of nitrogen functional groups attached to an aromatic ring is 1. The Morgan fingerprint density at radius 1 is 1.58 bits per heavy atom. The smallest absolute Gasteiger partial charge is 0.266 e. The van der Waals surface area contributed by atoms with Crippen LogP contribution < -0.4 is 5.73 Å². The SMILES string of the molecule is Cc1nc(N)sc1C(=O)N1CCc2sccc2C1C. The molecule has 0 aromatic carbocycles. The van der Waals surface area contributed by atoms with E-state index in [-0.39, 0.29) is 11.9 Å². The van der Waals surface area contributed by atoms with Gasteiger partial charge in [-0.3, -0.25) is 4.79 Å². The summed E-state index contributed by atoms with van der Waals surface area (Å²) in [5.74, 6) is 0.0519. The number of carbonyl (C=O) groups is 1. The van der Waals surface area contributed by atoms with Gasteiger partial charge < -0.3 is 10.6 Å². The van der Waals surface area contributed by atoms with Gasteiger partial charge in [-0.2, -0.15) is 0 Å². The molecule has 0 bridgehead atoms. The van der Waals surface area contributed by atoms with Gasteiger partial charge in [-0.15, -0.1) is 11.3 Å². The molecular formula is C13H15N3OS2. The second-order valence-electron chi connectivity index (χ2n) is 4.69. The largest absolute Gasteiger partial charge is 0.375 e. The van der Waals surface area contributed by atoms with E-state index in [2.05, 4.69) is 23.4 Å². The van der Waals surface area contributed by atoms with Crippen molar-refractivity contribution < 1.29 is 4.79 Å². The van der Waals surface area contributed by atoms with Crippen LogP contribution in [-0.4, -0.2) is 22.3 Å². The number of rotatable bonds is 1. The van der Waals surface area contributed by atoms with Gasteiger partial charge in [-0.25, -0.2) is 4.98 Å². The van der Waals surface area contributed by atoms with Gasteiger partial charge in [0.2, 0.25) is 0 Å². The van der Waals surface area contributed by atoms with E-state index in [1.165, 1.54) is 21.8 Å². The van der Waals surface area contributed by atoms with Gasteiger partial charge in [0.1, 0.15) is 4.88 Å². The Bertz CT molecular complexity index is 632. The lowest BCUT2D eigenvalue weighted by Gasteiger charge is -2.33. The molecule has 2 aromatic heterocycles. The van der Waals surface area contributed by atoms with Crippen molar-refractivity contribution in [1.29, 1.82) is 0 Å². The molecule has 4 nitrogen and oxygen atoms in total. The summed E-state index contributed by atoms with van der Waals surface area (Å²) in [7, 11) is 0. The van der Waals surface area contributed by atoms with E-state index in [1.807, 2.05) is 11.8 Å². The number of amides is 1. The maximum Gasteiger partial charge on any atom is 0.266 e. The highest BCUT2D eigenvalue weighted by atomic mass is 32.1. The number of aromatic nitrogens is 1. The first-order chi connectivity index (χ1) is 9.08. The van der Waals surface area contributed by atoms with Gasteiger partial charge in [0.25, 0.3) is 5.91 Å². The van der Waals surface area contributed by atoms with E-state index in [1.54, 1.807) is 11.3 Å². The zero-order valence-electron chi connectivity index (χ0n) is 10.8. The van der Waals surface area contributed by atoms with Crippen molar-refractivity contribution in [2.75, 3.05) is 12.3 Å². The molecule has 100 valence electrons. The molecule has 1 aliphatic rings. The van der Waals surface area contributed by atoms with Gasteiger partial charge in [0.15, 0.2) is 5.13 Å². The molecule has 1 atom stereocenters. The summed E-state index contributed by atoms with van der Waals surface area (Å²) >= 11 is 3.06. The van der Waals surface area contributed by atoms with E-state index < -0.39 is 0 Å². The molecule has 19 heavy (non-hydrogen) atoms. The Hall–Kier alpha value is -1.40. The van der Waals surface area contributed by atoms with Crippen LogP contribution in [0.25, 0.3) is 0 Å². The van der Waals surface area contributed by atoms with Gasteiger partial charge in [-0.1, -0.05) is 11.3 Å². The second-order valence-corrected chi connectivity index (χ2v) is 6.72. The molecule has 0 radical (unpaired) electrons. The third-order valence-electron chi connectivity index (χ3n) is 3.55. The first kappa shape index (κ1) is 12.6. The van der Waals surface area contributed by atoms with Crippen LogP contribution in [0.4, 0.5) is 5.13 Å². The van der Waals surface area contributed by atoms with Crippen LogP contribution in [0.15, 0.2) is 11.4 Å². The molecule has 1 aliphatic heterocycles. The number of thiazole rings is 1. The quantitative estimate of drug-likeness (QED) is 0.879. The van der Waals surface area contributed by atoms with Crippen LogP contribution >= 0.6 is 22.7 Å². The number of thiophene rings is 1. The van der Waals surface area contributed by atoms with Crippen LogP contribution in [0.1, 0.15) is 38.8 Å². The van der Waals surface area contributed by atoms with E-state index in [0.717, 1.165) is 18.7 Å². The Morgan fingerprint density at radius 2 is 2.37 bits per heavy atom. The van der Waals surface area contributed by atoms with Gasteiger partial charge in [0, 0.05) is 11.4 Å². The van der Waals surface area contributed by atoms with Crippen molar-refractivity contribution >= 4 is 33.7 Å². The Kier molecular flexibility index (Phi) is 3.06. The van der Waals surface area contributed by atoms with Crippen molar-refractivity contribution in [3.05, 3.63) is 32.5 Å². The highest BCUT2D eigenvalue weighted by Crippen LogP contribution is 2.34. The van der Waals surface area contributed by atoms with Crippen LogP contribution in [0, 0.1) is 6.92 Å². The number of carbonyl (C=O) groups excluding carboxylic acids is 1. The van der Waals surface area contributed by atoms with Crippen molar-refractivity contribution in [3.63, 3.8) is 0 Å². The zero-order chi connectivity index (χ0) is 13.6. The molecule has 0 fully saturated rings. The maximum absolute atomic E-state index is 12.6. The predicted octanol–water partition coefficient (Wildman–Crippen LogP) is 2.85. The number of hydrogen-bond acceptors (Lipinski definition) is 5. The molecule has 6 heteroatoms. The molecular weight excluding hydrogens is 278 g/mol. The highest BCUT2D eigenvalue weighted by Gasteiger charge is 2.30. The minimum atomic E-state index is 0.0519. The minimum absolute atomic E-state index is 0.0519. The van der Waals surface area contributed by atoms with Crippen LogP contribution in [0.3, 0.4) is 0 Å². The molecule has 0 aliphatic carbocycles. The van der Waals surface area contributed by atoms with Crippen molar-refractivity contribution in [2.45, 2.75) is 26.3 Å². The summed E-state index contributed by atoms with van der Waals surface area (Å²) in [6, 6.07) is 2.25. The lowest BCUT2D eigenvalue weighted by atomic mass is 10.0. The standard InChI is InChI=1S/C13H15N3OS2/c1-7-11(19-13(14)15-7)12(17)16-5-3-10-9(8(16)2)4-6-18-10/h4,6,8H,3,5H2,1-2H3,(H2,14,15). The third kappa shape index (κ3) is 2.04. The molecule has 1 unspecified atom stereocenters. The molecule has 1 amide bonds. The molecule has 3 rings (SSSR count). The van der Waals surface area contributed by atoms with Gasteiger partial charge >= 0.3 is 0 Å². The summed E-state index contributed by atoms with van der Waals surface area (Å²) in [4.78, 5) is 20.8. The lowest BCUT2D eigenvalue weighted by Crippen LogP contribution is -2.38. The Balaban J connectivity index is 1.92. The topological polar surface area (TPSA) is 59.2 Å². The molecule has 2 aromatic rings. The Morgan fingerprint density at radius 3 is 3.05 bits per heavy atom. The van der Waals surface area contributed by atoms with Crippen molar-refractivity contribution in [3.8, 4) is 0 Å². The summed E-state index contributed by atoms with van der Waals surface area (Å²) in [6.45, 7) is 4.69. The van der Waals surface area contributed by atoms with E-state index in [0.29, 0.717) is 10.0 Å². The van der Waals surface area contributed by atoms with E-state index >= 15 is 0 Å². The average molecular weight is 293 g/mol. The highest BCUT2D eigenvalue weighted by molar-refractivity contribution is 7.17. The monoisotopic (exact) mass is 293 g/mol. The number of hydrogen-bond donors (Lipinski definition) is 1. The van der Waals surface area contributed by atoms with Gasteiger partial charge in [-0.05, 0) is 37.3 Å². The van der Waals surface area contributed by atoms with Crippen molar-refractivity contribution in [2.24, 2.45) is 0 Å². The number of nitrogens with zero attached hydrogens (tertiary/aromatic N) is 2. The first-order valence-corrected chi connectivity index (χ1v) is 7.87. The fraction of sp³-hybridized carbons (Fsp3) is 0.385. The van der Waals surface area contributed by atoms with E-state index in [9.17, 15) is 4.79 Å². The van der Waals surface area contributed by atoms with Crippen LogP contribution in [0.2, 0.25) is 0 Å². The maximum atomic E-state index is 12.6. The number of aryl methyl sites for hydroxylation is 1. The molecule has 2 N–H and O–H groups in total. The normalized spacial score (nSPS) is 18.4. The van der Waals surface area contributed by atoms with Crippen LogP contribution in [0.5, 0.6) is 0 Å². The Labute approximate surface area is 119 Å². The second kappa shape index (κ2) is 4.61. The fourth-order valence-corrected chi connectivity index (χ4v) is 4.29. The predicted molar refractivity (Wildman–Crippen MR) is 78.7 cm³/mol. The molecule has 0 saturated carbocycles. The van der Waals surface area contributed by atoms with Crippen molar-refractivity contribution in [1.82, 2.24) is 9.88 Å². The summed E-state index contributed by atoms with van der Waals surface area (Å²) < 4.78 is 0. The minimum Gasteiger partial charge on any atom is -0.375 e. The summed E-state index contributed by atoms with van der Waals surface area (Å²) in [5.41, 5.74) is 7.69. The third-order valence-corrected chi connectivity index (χ3v) is 5.52. The van der Waals surface area contributed by atoms with Gasteiger partial charge in [0.05, 0.1) is 11.7 Å². The summed E-state index contributed by atoms with van der Waals surface area (Å²) in [6.07, 6.45) is 0.941. The fourth-order valence-electron chi connectivity index (χ4n) is 2.53. The lowest BCUT2D eigenvalue weighted by molar-refractivity contribution is 0.0683. The number of fused-ring (bicyclic) bond motifs is 1. The molecule has 0 spiro atoms. The average Bonchev–Trinajstić information content (AvgIpc) is 2.96. The van der Waals surface area contributed by atoms with E-state index in [4.69, 9.17) is 5.73 Å². The number of nitrogens with two attached hydrogens (primary N) is 1. The summed E-state index contributed by atoms with van der Waals surface area (Å²) in [5, 5.41) is 2.56. The van der Waals surface area contributed by atoms with Crippen LogP contribution in [-0.2, 0) is 6.42 Å². The zero-order valence-corrected chi connectivity index (χ0v) is 12.5. The molecule has 3 heterocycles. The first-order valence-electron chi connectivity index (χ1n) is 6.18.